The summed E-state index contributed by atoms with van der Waals surface area (Å²) in [5.41, 5.74) is 0. The predicted octanol–water partition coefficient (Wildman–Crippen LogP) is 3.55. The fraction of sp³-hybridized carbons (Fsp3) is 0.500. The Morgan fingerprint density at radius 3 is 2.56 bits per heavy atom. The number of hydrogen-bond donors (Lipinski definition) is 0. The van der Waals surface area contributed by atoms with Crippen LogP contribution in [0, 0.1) is 11.8 Å². The van der Waals surface area contributed by atoms with E-state index in [-0.39, 0.29) is 18.5 Å². The molecule has 18 heavy (non-hydrogen) atoms. The number of carbonyl (C=O) groups excluding carboxylic acids is 1. The molecule has 0 bridgehead atoms. The molecule has 100 valence electrons. The number of ether oxygens (including phenoxy) is 2. The fourth-order valence-electron chi connectivity index (χ4n) is 1.72. The van der Waals surface area contributed by atoms with Gasteiger partial charge >= 0.3 is 5.97 Å². The summed E-state index contributed by atoms with van der Waals surface area (Å²) in [5.74, 6) is 0.503. The zero-order chi connectivity index (χ0) is 13.5. The summed E-state index contributed by atoms with van der Waals surface area (Å²) in [7, 11) is 1.39. The summed E-state index contributed by atoms with van der Waals surface area (Å²) < 4.78 is 10.4. The van der Waals surface area contributed by atoms with Gasteiger partial charge in [-0.05, 0) is 24.5 Å². The first-order valence-corrected chi connectivity index (χ1v) is 6.37. The highest BCUT2D eigenvalue weighted by Gasteiger charge is 2.21. The van der Waals surface area contributed by atoms with Gasteiger partial charge in [-0.3, -0.25) is 4.79 Å². The van der Waals surface area contributed by atoms with E-state index in [1.807, 2.05) is 12.1 Å². The van der Waals surface area contributed by atoms with Crippen molar-refractivity contribution in [1.29, 1.82) is 0 Å². The monoisotopic (exact) mass is 270 g/mol. The van der Waals surface area contributed by atoms with Crippen LogP contribution in [0.15, 0.2) is 24.3 Å². The van der Waals surface area contributed by atoms with Crippen LogP contribution >= 0.6 is 11.6 Å². The van der Waals surface area contributed by atoms with E-state index in [0.717, 1.165) is 6.42 Å². The Balaban J connectivity index is 2.62. The van der Waals surface area contributed by atoms with E-state index in [1.54, 1.807) is 12.1 Å². The molecule has 0 spiro atoms. The first-order valence-electron chi connectivity index (χ1n) is 5.99. The molecule has 0 aliphatic carbocycles. The molecule has 0 radical (unpaired) electrons. The third kappa shape index (κ3) is 4.57. The van der Waals surface area contributed by atoms with Gasteiger partial charge in [0.15, 0.2) is 0 Å². The Hall–Kier alpha value is -1.22. The third-order valence-corrected chi connectivity index (χ3v) is 2.88. The smallest absolute Gasteiger partial charge is 0.312 e. The highest BCUT2D eigenvalue weighted by Crippen LogP contribution is 2.24. The van der Waals surface area contributed by atoms with E-state index in [2.05, 4.69) is 13.8 Å². The molecule has 1 aromatic carbocycles. The standard InChI is InChI=1S/C14H19ClO3/c1-10(2)8-11(14(16)17-3)9-18-13-7-5-4-6-12(13)15/h4-7,10-11H,8-9H2,1-3H3. The van der Waals surface area contributed by atoms with Crippen molar-refractivity contribution in [1.82, 2.24) is 0 Å². The van der Waals surface area contributed by atoms with Crippen LogP contribution in [0.1, 0.15) is 20.3 Å². The highest BCUT2D eigenvalue weighted by molar-refractivity contribution is 6.32. The van der Waals surface area contributed by atoms with E-state index in [0.29, 0.717) is 16.7 Å². The molecule has 0 aliphatic rings. The lowest BCUT2D eigenvalue weighted by Gasteiger charge is -2.17. The van der Waals surface area contributed by atoms with E-state index in [4.69, 9.17) is 21.1 Å². The average Bonchev–Trinajstić information content (AvgIpc) is 2.34. The largest absolute Gasteiger partial charge is 0.491 e. The van der Waals surface area contributed by atoms with Crippen molar-refractivity contribution in [2.24, 2.45) is 11.8 Å². The molecule has 3 nitrogen and oxygen atoms in total. The Morgan fingerprint density at radius 2 is 2.00 bits per heavy atom. The van der Waals surface area contributed by atoms with Crippen LogP contribution < -0.4 is 4.74 Å². The minimum Gasteiger partial charge on any atom is -0.491 e. The topological polar surface area (TPSA) is 35.5 Å². The Morgan fingerprint density at radius 1 is 1.33 bits per heavy atom. The minimum atomic E-state index is -0.258. The van der Waals surface area contributed by atoms with E-state index in [9.17, 15) is 4.79 Å². The van der Waals surface area contributed by atoms with Crippen molar-refractivity contribution in [3.63, 3.8) is 0 Å². The molecule has 0 fully saturated rings. The molecule has 0 saturated heterocycles. The third-order valence-electron chi connectivity index (χ3n) is 2.57. The lowest BCUT2D eigenvalue weighted by molar-refractivity contribution is -0.147. The molecule has 1 unspecified atom stereocenters. The molecule has 1 atom stereocenters. The van der Waals surface area contributed by atoms with Crippen molar-refractivity contribution in [3.8, 4) is 5.75 Å². The zero-order valence-electron chi connectivity index (χ0n) is 11.0. The molecule has 1 aromatic rings. The number of para-hydroxylation sites is 1. The van der Waals surface area contributed by atoms with Gasteiger partial charge in [0.05, 0.1) is 18.1 Å². The summed E-state index contributed by atoms with van der Waals surface area (Å²) in [5, 5.41) is 0.547. The first-order chi connectivity index (χ1) is 8.54. The summed E-state index contributed by atoms with van der Waals surface area (Å²) in [6, 6.07) is 7.22. The maximum Gasteiger partial charge on any atom is 0.312 e. The number of carbonyl (C=O) groups is 1. The van der Waals surface area contributed by atoms with Crippen molar-refractivity contribution in [3.05, 3.63) is 29.3 Å². The molecular formula is C14H19ClO3. The molecule has 0 saturated carbocycles. The van der Waals surface area contributed by atoms with Crippen molar-refractivity contribution >= 4 is 17.6 Å². The molecule has 1 rings (SSSR count). The van der Waals surface area contributed by atoms with Crippen molar-refractivity contribution in [2.45, 2.75) is 20.3 Å². The number of methoxy groups -OCH3 is 1. The fourth-order valence-corrected chi connectivity index (χ4v) is 1.91. The lowest BCUT2D eigenvalue weighted by atomic mass is 9.98. The maximum absolute atomic E-state index is 11.6. The van der Waals surface area contributed by atoms with Crippen LogP contribution in [0.2, 0.25) is 5.02 Å². The van der Waals surface area contributed by atoms with Gasteiger partial charge < -0.3 is 9.47 Å². The SMILES string of the molecule is COC(=O)C(COc1ccccc1Cl)CC(C)C. The van der Waals surface area contributed by atoms with Crippen LogP contribution in [0.25, 0.3) is 0 Å². The predicted molar refractivity (Wildman–Crippen MR) is 71.9 cm³/mol. The van der Waals surface area contributed by atoms with Gasteiger partial charge in [-0.2, -0.15) is 0 Å². The van der Waals surface area contributed by atoms with Gasteiger partial charge in [-0.25, -0.2) is 0 Å². The summed E-state index contributed by atoms with van der Waals surface area (Å²) in [6.45, 7) is 4.41. The van der Waals surface area contributed by atoms with Crippen LogP contribution in [-0.2, 0) is 9.53 Å². The summed E-state index contributed by atoms with van der Waals surface area (Å²) in [6.07, 6.45) is 0.733. The second-order valence-electron chi connectivity index (χ2n) is 4.59. The van der Waals surface area contributed by atoms with Crippen LogP contribution in [-0.4, -0.2) is 19.7 Å². The van der Waals surface area contributed by atoms with Gasteiger partial charge in [0.2, 0.25) is 0 Å². The molecular weight excluding hydrogens is 252 g/mol. The van der Waals surface area contributed by atoms with E-state index < -0.39 is 0 Å². The average molecular weight is 271 g/mol. The Labute approximate surface area is 113 Å². The van der Waals surface area contributed by atoms with Crippen LogP contribution in [0.5, 0.6) is 5.75 Å². The number of benzene rings is 1. The van der Waals surface area contributed by atoms with Gasteiger partial charge in [0, 0.05) is 0 Å². The van der Waals surface area contributed by atoms with Crippen molar-refractivity contribution < 1.29 is 14.3 Å². The molecule has 0 aliphatic heterocycles. The second-order valence-corrected chi connectivity index (χ2v) is 5.00. The first kappa shape index (κ1) is 14.8. The number of esters is 1. The summed E-state index contributed by atoms with van der Waals surface area (Å²) in [4.78, 5) is 11.6. The quantitative estimate of drug-likeness (QED) is 0.742. The van der Waals surface area contributed by atoms with E-state index >= 15 is 0 Å². The minimum absolute atomic E-state index is 0.240. The van der Waals surface area contributed by atoms with Gasteiger partial charge in [0.25, 0.3) is 0 Å². The number of hydrogen-bond acceptors (Lipinski definition) is 3. The van der Waals surface area contributed by atoms with Gasteiger partial charge in [-0.1, -0.05) is 37.6 Å². The number of rotatable bonds is 6. The number of halogens is 1. The molecule has 4 heteroatoms. The molecule has 0 N–H and O–H groups in total. The van der Waals surface area contributed by atoms with Crippen LogP contribution in [0.3, 0.4) is 0 Å². The van der Waals surface area contributed by atoms with Gasteiger partial charge in [0.1, 0.15) is 12.4 Å². The molecule has 0 heterocycles. The maximum atomic E-state index is 11.6. The van der Waals surface area contributed by atoms with Gasteiger partial charge in [-0.15, -0.1) is 0 Å². The van der Waals surface area contributed by atoms with Crippen molar-refractivity contribution in [2.75, 3.05) is 13.7 Å². The van der Waals surface area contributed by atoms with Crippen LogP contribution in [0.4, 0.5) is 0 Å². The second kappa shape index (κ2) is 7.27. The van der Waals surface area contributed by atoms with E-state index in [1.165, 1.54) is 7.11 Å². The highest BCUT2D eigenvalue weighted by atomic mass is 35.5. The molecule has 0 amide bonds. The molecule has 0 aromatic heterocycles. The zero-order valence-corrected chi connectivity index (χ0v) is 11.7. The summed E-state index contributed by atoms with van der Waals surface area (Å²) >= 11 is 5.99. The normalized spacial score (nSPS) is 12.3. The Bertz CT molecular complexity index is 390. The Kier molecular flexibility index (Phi) is 5.99. The lowest BCUT2D eigenvalue weighted by Crippen LogP contribution is -2.24.